The standard InChI is InChI=1S/C14H19ClN2O/c1-2-10-5-3-4-6-13(10)17-14(18)11-7-8-16-9-12(11)15/h7-10,13H,2-6H2,1H3,(H,17,18). The Morgan fingerprint density at radius 3 is 3.00 bits per heavy atom. The molecule has 0 bridgehead atoms. The van der Waals surface area contributed by atoms with Crippen LogP contribution in [0.1, 0.15) is 49.4 Å². The number of hydrogen-bond donors (Lipinski definition) is 1. The number of amides is 1. The lowest BCUT2D eigenvalue weighted by atomic mass is 9.83. The molecule has 1 aromatic heterocycles. The zero-order valence-corrected chi connectivity index (χ0v) is 11.4. The van der Waals surface area contributed by atoms with Crippen LogP contribution in [0.4, 0.5) is 0 Å². The number of hydrogen-bond acceptors (Lipinski definition) is 2. The van der Waals surface area contributed by atoms with Gasteiger partial charge in [-0.05, 0) is 24.8 Å². The Kier molecular flexibility index (Phi) is 4.59. The molecule has 2 rings (SSSR count). The summed E-state index contributed by atoms with van der Waals surface area (Å²) in [5.74, 6) is 0.524. The molecule has 4 heteroatoms. The fourth-order valence-electron chi connectivity index (χ4n) is 2.69. The number of nitrogens with zero attached hydrogens (tertiary/aromatic N) is 1. The number of carbonyl (C=O) groups excluding carboxylic acids is 1. The van der Waals surface area contributed by atoms with E-state index in [1.807, 2.05) is 0 Å². The van der Waals surface area contributed by atoms with Gasteiger partial charge in [0, 0.05) is 18.4 Å². The second-order valence-corrected chi connectivity index (χ2v) is 5.30. The summed E-state index contributed by atoms with van der Waals surface area (Å²) >= 11 is 5.98. The Morgan fingerprint density at radius 1 is 1.50 bits per heavy atom. The van der Waals surface area contributed by atoms with Gasteiger partial charge in [0.15, 0.2) is 0 Å². The van der Waals surface area contributed by atoms with Gasteiger partial charge in [-0.2, -0.15) is 0 Å². The molecule has 98 valence electrons. The molecule has 1 saturated carbocycles. The predicted octanol–water partition coefficient (Wildman–Crippen LogP) is 3.43. The summed E-state index contributed by atoms with van der Waals surface area (Å²) < 4.78 is 0. The molecule has 0 aliphatic heterocycles. The van der Waals surface area contributed by atoms with Crippen LogP contribution in [0, 0.1) is 5.92 Å². The molecule has 1 aromatic rings. The number of pyridine rings is 1. The molecule has 0 aromatic carbocycles. The van der Waals surface area contributed by atoms with Crippen LogP contribution in [0.5, 0.6) is 0 Å². The van der Waals surface area contributed by atoms with E-state index in [0.29, 0.717) is 22.5 Å². The fraction of sp³-hybridized carbons (Fsp3) is 0.571. The molecule has 0 saturated heterocycles. The van der Waals surface area contributed by atoms with Crippen molar-refractivity contribution in [3.05, 3.63) is 29.0 Å². The molecular weight excluding hydrogens is 248 g/mol. The Labute approximate surface area is 113 Å². The third kappa shape index (κ3) is 3.02. The van der Waals surface area contributed by atoms with Crippen LogP contribution in [-0.2, 0) is 0 Å². The van der Waals surface area contributed by atoms with Gasteiger partial charge in [0.2, 0.25) is 0 Å². The molecule has 18 heavy (non-hydrogen) atoms. The number of nitrogens with one attached hydrogen (secondary N) is 1. The molecule has 2 atom stereocenters. The number of carbonyl (C=O) groups is 1. The molecule has 3 nitrogen and oxygen atoms in total. The average molecular weight is 267 g/mol. The van der Waals surface area contributed by atoms with E-state index in [-0.39, 0.29) is 5.91 Å². The van der Waals surface area contributed by atoms with E-state index in [0.717, 1.165) is 12.8 Å². The smallest absolute Gasteiger partial charge is 0.253 e. The summed E-state index contributed by atoms with van der Waals surface area (Å²) in [5, 5.41) is 3.54. The van der Waals surface area contributed by atoms with Gasteiger partial charge < -0.3 is 5.32 Å². The van der Waals surface area contributed by atoms with Gasteiger partial charge in [-0.25, -0.2) is 0 Å². The van der Waals surface area contributed by atoms with Gasteiger partial charge in [-0.15, -0.1) is 0 Å². The molecule has 0 spiro atoms. The van der Waals surface area contributed by atoms with Crippen molar-refractivity contribution < 1.29 is 4.79 Å². The normalized spacial score (nSPS) is 23.7. The Balaban J connectivity index is 2.04. The van der Waals surface area contributed by atoms with Gasteiger partial charge in [0.25, 0.3) is 5.91 Å². The number of halogens is 1. The van der Waals surface area contributed by atoms with Crippen molar-refractivity contribution in [2.45, 2.75) is 45.1 Å². The van der Waals surface area contributed by atoms with Gasteiger partial charge in [0.05, 0.1) is 10.6 Å². The first kappa shape index (κ1) is 13.3. The van der Waals surface area contributed by atoms with Gasteiger partial charge in [-0.1, -0.05) is 37.8 Å². The van der Waals surface area contributed by atoms with Crippen molar-refractivity contribution in [1.29, 1.82) is 0 Å². The lowest BCUT2D eigenvalue weighted by molar-refractivity contribution is 0.0905. The highest BCUT2D eigenvalue weighted by Crippen LogP contribution is 2.27. The van der Waals surface area contributed by atoms with Crippen LogP contribution in [0.25, 0.3) is 0 Å². The average Bonchev–Trinajstić information content (AvgIpc) is 2.39. The van der Waals surface area contributed by atoms with Crippen LogP contribution in [0.2, 0.25) is 5.02 Å². The van der Waals surface area contributed by atoms with E-state index >= 15 is 0 Å². The van der Waals surface area contributed by atoms with Crippen LogP contribution in [0.15, 0.2) is 18.5 Å². The van der Waals surface area contributed by atoms with Crippen LogP contribution in [-0.4, -0.2) is 16.9 Å². The molecule has 0 radical (unpaired) electrons. The predicted molar refractivity (Wildman–Crippen MR) is 72.8 cm³/mol. The van der Waals surface area contributed by atoms with Gasteiger partial charge >= 0.3 is 0 Å². The maximum Gasteiger partial charge on any atom is 0.253 e. The molecule has 2 unspecified atom stereocenters. The highest BCUT2D eigenvalue weighted by Gasteiger charge is 2.25. The van der Waals surface area contributed by atoms with Crippen LogP contribution in [0.3, 0.4) is 0 Å². The Bertz CT molecular complexity index is 422. The summed E-state index contributed by atoms with van der Waals surface area (Å²) in [6.07, 6.45) is 8.99. The molecule has 1 heterocycles. The lowest BCUT2D eigenvalue weighted by Gasteiger charge is -2.31. The highest BCUT2D eigenvalue weighted by atomic mass is 35.5. The number of aromatic nitrogens is 1. The van der Waals surface area contributed by atoms with E-state index in [9.17, 15) is 4.79 Å². The van der Waals surface area contributed by atoms with Crippen molar-refractivity contribution in [3.8, 4) is 0 Å². The van der Waals surface area contributed by atoms with Crippen molar-refractivity contribution in [1.82, 2.24) is 10.3 Å². The minimum absolute atomic E-state index is 0.0762. The molecule has 1 aliphatic rings. The Morgan fingerprint density at radius 2 is 2.28 bits per heavy atom. The van der Waals surface area contributed by atoms with Gasteiger partial charge in [0.1, 0.15) is 0 Å². The van der Waals surface area contributed by atoms with Crippen LogP contribution < -0.4 is 5.32 Å². The largest absolute Gasteiger partial charge is 0.349 e. The summed E-state index contributed by atoms with van der Waals surface area (Å²) in [7, 11) is 0. The third-order valence-electron chi connectivity index (χ3n) is 3.77. The molecular formula is C14H19ClN2O. The minimum Gasteiger partial charge on any atom is -0.349 e. The maximum atomic E-state index is 12.2. The third-order valence-corrected chi connectivity index (χ3v) is 4.07. The second kappa shape index (κ2) is 6.19. The second-order valence-electron chi connectivity index (χ2n) is 4.89. The van der Waals surface area contributed by atoms with Crippen molar-refractivity contribution in [2.75, 3.05) is 0 Å². The molecule has 1 fully saturated rings. The molecule has 1 aliphatic carbocycles. The van der Waals surface area contributed by atoms with Crippen molar-refractivity contribution in [2.24, 2.45) is 5.92 Å². The summed E-state index contributed by atoms with van der Waals surface area (Å²) in [6, 6.07) is 1.96. The fourth-order valence-corrected chi connectivity index (χ4v) is 2.90. The quantitative estimate of drug-likeness (QED) is 0.911. The first-order valence-corrected chi connectivity index (χ1v) is 7.00. The van der Waals surface area contributed by atoms with Crippen LogP contribution >= 0.6 is 11.6 Å². The van der Waals surface area contributed by atoms with E-state index in [4.69, 9.17) is 11.6 Å². The van der Waals surface area contributed by atoms with Crippen molar-refractivity contribution >= 4 is 17.5 Å². The summed E-state index contributed by atoms with van der Waals surface area (Å²) in [6.45, 7) is 2.19. The van der Waals surface area contributed by atoms with E-state index in [1.165, 1.54) is 25.5 Å². The summed E-state index contributed by atoms with van der Waals surface area (Å²) in [5.41, 5.74) is 0.520. The van der Waals surface area contributed by atoms with Gasteiger partial charge in [-0.3, -0.25) is 9.78 Å². The van der Waals surface area contributed by atoms with Crippen molar-refractivity contribution in [3.63, 3.8) is 0 Å². The topological polar surface area (TPSA) is 42.0 Å². The van der Waals surface area contributed by atoms with E-state index in [1.54, 1.807) is 12.3 Å². The molecule has 1 N–H and O–H groups in total. The minimum atomic E-state index is -0.0762. The first-order valence-electron chi connectivity index (χ1n) is 6.62. The first-order chi connectivity index (χ1) is 8.72. The van der Waals surface area contributed by atoms with E-state index in [2.05, 4.69) is 17.2 Å². The highest BCUT2D eigenvalue weighted by molar-refractivity contribution is 6.33. The lowest BCUT2D eigenvalue weighted by Crippen LogP contribution is -2.42. The SMILES string of the molecule is CCC1CCCCC1NC(=O)c1ccncc1Cl. The zero-order chi connectivity index (χ0) is 13.0. The summed E-state index contributed by atoms with van der Waals surface area (Å²) in [4.78, 5) is 16.1. The van der Waals surface area contributed by atoms with E-state index < -0.39 is 0 Å². The zero-order valence-electron chi connectivity index (χ0n) is 10.7. The molecule has 1 amide bonds. The Hall–Kier alpha value is -1.09. The number of rotatable bonds is 3. The monoisotopic (exact) mass is 266 g/mol. The maximum absolute atomic E-state index is 12.2.